The fraction of sp³-hybridized carbons (Fsp3) is 0.167. The molecule has 2 heterocycles. The van der Waals surface area contributed by atoms with Gasteiger partial charge < -0.3 is 16.9 Å². The van der Waals surface area contributed by atoms with Gasteiger partial charge in [-0.05, 0) is 0 Å². The molecule has 0 saturated carbocycles. The molecule has 0 aromatic rings. The van der Waals surface area contributed by atoms with Gasteiger partial charge in [0.2, 0.25) is 0 Å². The van der Waals surface area contributed by atoms with Gasteiger partial charge in [0.1, 0.15) is 0 Å². The number of cyclic esters (lactones) is 4. The molecule has 15 heavy (non-hydrogen) atoms. The summed E-state index contributed by atoms with van der Waals surface area (Å²) in [4.78, 5) is 42.0. The summed E-state index contributed by atoms with van der Waals surface area (Å²) in [6.07, 6.45) is 0. The largest absolute Gasteiger partial charge is 0.390 e. The van der Waals surface area contributed by atoms with Crippen LogP contribution in [0.1, 0.15) is 0 Å². The van der Waals surface area contributed by atoms with Crippen molar-refractivity contribution < 1.29 is 127 Å². The van der Waals surface area contributed by atoms with Crippen molar-refractivity contribution in [2.45, 2.75) is 0 Å². The molecule has 1 spiro atoms. The molecular weight excluding hydrogens is 435 g/mol. The van der Waals surface area contributed by atoms with Gasteiger partial charge in [0, 0.05) is 98.1 Å². The summed E-state index contributed by atoms with van der Waals surface area (Å²) in [6.45, 7) is 0. The first-order chi connectivity index (χ1) is 5.10. The fourth-order valence-corrected chi connectivity index (χ4v) is 0.882. The minimum atomic E-state index is -2.22. The van der Waals surface area contributed by atoms with Crippen LogP contribution in [0, 0.1) is 12.8 Å². The third kappa shape index (κ3) is 2.55. The van der Waals surface area contributed by atoms with E-state index in [4.69, 9.17) is 0 Å². The smallest absolute Gasteiger partial charge is 0.357 e. The zero-order valence-corrected chi connectivity index (χ0v) is 16.2. The first kappa shape index (κ1) is 21.8. The summed E-state index contributed by atoms with van der Waals surface area (Å²) in [5.74, 6) is -4.54. The second-order valence-electron chi connectivity index (χ2n) is 2.10. The van der Waals surface area contributed by atoms with E-state index in [1.165, 1.54) is 0 Å². The maximum Gasteiger partial charge on any atom is 0.357 e. The Hall–Kier alpha value is 1.59. The van der Waals surface area contributed by atoms with E-state index in [1.807, 2.05) is 0 Å². The van der Waals surface area contributed by atoms with E-state index in [-0.39, 0.29) is 106 Å². The molecule has 0 amide bonds. The normalized spacial score (nSPS) is 18.7. The summed E-state index contributed by atoms with van der Waals surface area (Å²) in [6, 6.07) is 0. The Morgan fingerprint density at radius 3 is 0.933 bits per heavy atom. The van der Waals surface area contributed by atoms with Crippen LogP contribution in [-0.2, 0) is 127 Å². The van der Waals surface area contributed by atoms with E-state index >= 15 is 0 Å². The van der Waals surface area contributed by atoms with Crippen LogP contribution in [-0.4, -0.2) is 23.9 Å². The molecule has 2 rings (SSSR count). The van der Waals surface area contributed by atoms with Gasteiger partial charge in [-0.2, -0.15) is 0 Å². The van der Waals surface area contributed by atoms with Crippen LogP contribution in [0.2, 0.25) is 0 Å². The van der Waals surface area contributed by atoms with Gasteiger partial charge in [-0.1, -0.05) is 0 Å². The van der Waals surface area contributed by atoms with Gasteiger partial charge in [-0.15, -0.1) is 0 Å². The Morgan fingerprint density at radius 1 is 0.667 bits per heavy atom. The minimum absolute atomic E-state index is 0. The van der Waals surface area contributed by atoms with E-state index in [0.717, 1.165) is 0 Å². The van der Waals surface area contributed by atoms with Crippen LogP contribution in [0.4, 0.5) is 0 Å². The van der Waals surface area contributed by atoms with Crippen molar-refractivity contribution in [1.29, 1.82) is 0 Å². The van der Waals surface area contributed by atoms with Gasteiger partial charge in [0.15, 0.2) is 0 Å². The molecule has 0 atom stereocenters. The Balaban J connectivity index is -0.000000360. The molecule has 0 N–H and O–H groups in total. The van der Waals surface area contributed by atoms with E-state index in [2.05, 4.69) is 9.47 Å². The zero-order valence-electron chi connectivity index (χ0n) is 7.68. The molecule has 2 fully saturated rings. The van der Waals surface area contributed by atoms with Crippen molar-refractivity contribution in [3.05, 3.63) is 7.43 Å². The molecule has 2 aliphatic heterocycles. The van der Waals surface area contributed by atoms with Crippen molar-refractivity contribution in [3.8, 4) is 0 Å². The maximum absolute atomic E-state index is 10.5. The van der Waals surface area contributed by atoms with Gasteiger partial charge in [0.05, 0.1) is 0 Å². The van der Waals surface area contributed by atoms with Gasteiger partial charge in [0.25, 0.3) is 0 Å². The van der Waals surface area contributed by atoms with Crippen molar-refractivity contribution in [3.63, 3.8) is 0 Å². The number of ether oxygens (including phenoxy) is 2. The van der Waals surface area contributed by atoms with Gasteiger partial charge in [-0.25, -0.2) is 19.2 Å². The van der Waals surface area contributed by atoms with Crippen LogP contribution in [0.25, 0.3) is 0 Å². The topological polar surface area (TPSA) is 86.7 Å². The molecule has 0 aromatic carbocycles. The summed E-state index contributed by atoms with van der Waals surface area (Å²) in [5.41, 5.74) is -2.22. The molecule has 9 heteroatoms. The Kier molecular flexibility index (Phi) is 10.4. The van der Waals surface area contributed by atoms with E-state index < -0.39 is 29.3 Å². The molecule has 0 unspecified atom stereocenters. The fourth-order valence-electron chi connectivity index (χ4n) is 0.882. The zero-order chi connectivity index (χ0) is 8.22. The SMILES string of the molecule is O=C1OC(=O)C12C(=O)OC2=O.[CH3-].[Y].[Y].[Y]. The van der Waals surface area contributed by atoms with Crippen LogP contribution in [0.3, 0.4) is 0 Å². The molecule has 0 aromatic heterocycles. The molecular formula is C6H3O6Y3-. The number of carbonyl (C=O) groups excluding carboxylic acids is 4. The van der Waals surface area contributed by atoms with E-state index in [9.17, 15) is 19.2 Å². The summed E-state index contributed by atoms with van der Waals surface area (Å²) in [5, 5.41) is 0. The standard InChI is InChI=1S/C5O6.CH3.3Y/c6-1-5(2(7)10-1)3(8)11-4(5)9;;;;/h;1H3;;;/q;-1;;;. The Morgan fingerprint density at radius 2 is 0.867 bits per heavy atom. The van der Waals surface area contributed by atoms with E-state index in [1.54, 1.807) is 0 Å². The predicted molar refractivity (Wildman–Crippen MR) is 31.0 cm³/mol. The number of esters is 4. The van der Waals surface area contributed by atoms with Gasteiger partial charge >= 0.3 is 29.3 Å². The molecule has 2 aliphatic rings. The second kappa shape index (κ2) is 7.12. The summed E-state index contributed by atoms with van der Waals surface area (Å²) >= 11 is 0. The number of hydrogen-bond acceptors (Lipinski definition) is 6. The minimum Gasteiger partial charge on any atom is -0.390 e. The molecule has 0 bridgehead atoms. The number of rotatable bonds is 0. The first-order valence-corrected chi connectivity index (χ1v) is 2.63. The predicted octanol–water partition coefficient (Wildman–Crippen LogP) is -1.42. The average molecular weight is 438 g/mol. The van der Waals surface area contributed by atoms with E-state index in [0.29, 0.717) is 0 Å². The quantitative estimate of drug-likeness (QED) is 0.263. The Labute approximate surface area is 161 Å². The average Bonchev–Trinajstić information content (AvgIpc) is 1.86. The van der Waals surface area contributed by atoms with Crippen molar-refractivity contribution in [2.75, 3.05) is 0 Å². The third-order valence-corrected chi connectivity index (χ3v) is 1.60. The van der Waals surface area contributed by atoms with Crippen LogP contribution < -0.4 is 0 Å². The number of carbonyl (C=O) groups is 4. The molecule has 0 aliphatic carbocycles. The number of hydrogen-bond donors (Lipinski definition) is 0. The van der Waals surface area contributed by atoms with Crippen LogP contribution >= 0.6 is 0 Å². The summed E-state index contributed by atoms with van der Waals surface area (Å²) in [7, 11) is 0. The molecule has 73 valence electrons. The van der Waals surface area contributed by atoms with Crippen molar-refractivity contribution >= 4 is 23.9 Å². The second-order valence-corrected chi connectivity index (χ2v) is 2.10. The van der Waals surface area contributed by atoms with Gasteiger partial charge in [-0.3, -0.25) is 0 Å². The maximum atomic E-state index is 10.5. The van der Waals surface area contributed by atoms with Crippen molar-refractivity contribution in [2.24, 2.45) is 5.41 Å². The molecule has 2 saturated heterocycles. The van der Waals surface area contributed by atoms with Crippen LogP contribution in [0.5, 0.6) is 0 Å². The monoisotopic (exact) mass is 438 g/mol. The molecule has 3 radical (unpaired) electrons. The van der Waals surface area contributed by atoms with Crippen LogP contribution in [0.15, 0.2) is 0 Å². The van der Waals surface area contributed by atoms with Crippen molar-refractivity contribution in [1.82, 2.24) is 0 Å². The molecule has 6 nitrogen and oxygen atoms in total. The first-order valence-electron chi connectivity index (χ1n) is 2.63. The summed E-state index contributed by atoms with van der Waals surface area (Å²) < 4.78 is 7.68. The Bertz CT molecular complexity index is 261. The third-order valence-electron chi connectivity index (χ3n) is 1.60.